The van der Waals surface area contributed by atoms with E-state index >= 15 is 0 Å². The Morgan fingerprint density at radius 2 is 2.16 bits per heavy atom. The van der Waals surface area contributed by atoms with Crippen molar-refractivity contribution in [1.82, 2.24) is 9.55 Å². The molecule has 19 heavy (non-hydrogen) atoms. The third kappa shape index (κ3) is 3.22. The number of nitrogens with one attached hydrogen (secondary N) is 1. The number of benzene rings is 1. The molecule has 0 aliphatic rings. The zero-order chi connectivity index (χ0) is 14.0. The topological polar surface area (TPSA) is 29.9 Å². The van der Waals surface area contributed by atoms with Gasteiger partial charge in [-0.05, 0) is 28.1 Å². The molecule has 102 valence electrons. The number of anilines is 1. The van der Waals surface area contributed by atoms with E-state index in [0.29, 0.717) is 10.2 Å². The summed E-state index contributed by atoms with van der Waals surface area (Å²) in [6.07, 6.45) is 2.47. The summed E-state index contributed by atoms with van der Waals surface area (Å²) in [4.78, 5) is 3.82. The monoisotopic (exact) mass is 353 g/mol. The highest BCUT2D eigenvalue weighted by atomic mass is 79.9. The molecule has 8 heteroatoms. The number of hydrogen-bond acceptors (Lipinski definition) is 2. The van der Waals surface area contributed by atoms with Gasteiger partial charge in [0.15, 0.2) is 0 Å². The molecule has 0 aliphatic heterocycles. The molecule has 1 N–H and O–H groups in total. The van der Waals surface area contributed by atoms with Gasteiger partial charge in [-0.1, -0.05) is 11.6 Å². The number of rotatable bonds is 4. The first-order chi connectivity index (χ1) is 8.99. The number of aromatic nitrogens is 2. The minimum Gasteiger partial charge on any atom is -0.376 e. The smallest absolute Gasteiger partial charge is 0.319 e. The molecule has 2 rings (SSSR count). The van der Waals surface area contributed by atoms with Crippen molar-refractivity contribution in [1.29, 1.82) is 0 Å². The number of halogens is 5. The molecule has 1 aromatic carbocycles. The maximum Gasteiger partial charge on any atom is 0.319 e. The van der Waals surface area contributed by atoms with E-state index in [0.717, 1.165) is 10.6 Å². The lowest BCUT2D eigenvalue weighted by Crippen LogP contribution is -2.09. The van der Waals surface area contributed by atoms with E-state index in [1.54, 1.807) is 0 Å². The Bertz CT molecular complexity index is 565. The molecule has 1 heterocycles. The predicted octanol–water partition coefficient (Wildman–Crippen LogP) is 4.45. The molecule has 0 saturated heterocycles. The predicted molar refractivity (Wildman–Crippen MR) is 69.9 cm³/mol. The van der Waals surface area contributed by atoms with Crippen molar-refractivity contribution in [3.05, 3.63) is 45.7 Å². The van der Waals surface area contributed by atoms with Crippen LogP contribution in [0.2, 0.25) is 5.02 Å². The maximum absolute atomic E-state index is 13.0. The fourth-order valence-electron chi connectivity index (χ4n) is 1.54. The van der Waals surface area contributed by atoms with Crippen molar-refractivity contribution in [3.63, 3.8) is 0 Å². The average Bonchev–Trinajstić information content (AvgIpc) is 2.75. The normalized spacial score (nSPS) is 11.1. The summed E-state index contributed by atoms with van der Waals surface area (Å²) in [7, 11) is 0. The second kappa shape index (κ2) is 5.83. The van der Waals surface area contributed by atoms with E-state index in [1.807, 2.05) is 0 Å². The third-order valence-corrected chi connectivity index (χ3v) is 3.31. The van der Waals surface area contributed by atoms with Crippen molar-refractivity contribution in [2.75, 3.05) is 5.32 Å². The first-order valence-electron chi connectivity index (χ1n) is 5.17. The van der Waals surface area contributed by atoms with Gasteiger partial charge in [-0.3, -0.25) is 4.57 Å². The SMILES string of the molecule is Fc1cc(Cl)c(NCc2nccn2C(F)F)c(Br)c1. The lowest BCUT2D eigenvalue weighted by molar-refractivity contribution is 0.0673. The first-order valence-corrected chi connectivity index (χ1v) is 6.34. The highest BCUT2D eigenvalue weighted by molar-refractivity contribution is 9.10. The highest BCUT2D eigenvalue weighted by Gasteiger charge is 2.13. The minimum atomic E-state index is -2.66. The van der Waals surface area contributed by atoms with Gasteiger partial charge in [0.25, 0.3) is 0 Å². The molecule has 0 amide bonds. The second-order valence-electron chi connectivity index (χ2n) is 3.63. The summed E-state index contributed by atoms with van der Waals surface area (Å²) in [5.41, 5.74) is 0.423. The summed E-state index contributed by atoms with van der Waals surface area (Å²) in [6.45, 7) is -2.62. The summed E-state index contributed by atoms with van der Waals surface area (Å²) >= 11 is 9.02. The van der Waals surface area contributed by atoms with Crippen molar-refractivity contribution in [2.45, 2.75) is 13.1 Å². The van der Waals surface area contributed by atoms with Gasteiger partial charge in [0.05, 0.1) is 17.3 Å². The molecule has 3 nitrogen and oxygen atoms in total. The van der Waals surface area contributed by atoms with Crippen LogP contribution in [-0.4, -0.2) is 9.55 Å². The van der Waals surface area contributed by atoms with E-state index in [9.17, 15) is 13.2 Å². The molecule has 0 radical (unpaired) electrons. The summed E-state index contributed by atoms with van der Waals surface area (Å²) in [5.74, 6) is -0.334. The number of hydrogen-bond donors (Lipinski definition) is 1. The molecular weight excluding hydrogens is 346 g/mol. The molecule has 0 atom stereocenters. The quantitative estimate of drug-likeness (QED) is 0.879. The Morgan fingerprint density at radius 3 is 2.79 bits per heavy atom. The minimum absolute atomic E-state index is 0.0429. The van der Waals surface area contributed by atoms with Gasteiger partial charge in [-0.15, -0.1) is 0 Å². The fourth-order valence-corrected chi connectivity index (χ4v) is 2.50. The molecular formula is C11H8BrClF3N3. The van der Waals surface area contributed by atoms with E-state index in [1.165, 1.54) is 18.5 Å². The van der Waals surface area contributed by atoms with Gasteiger partial charge >= 0.3 is 6.55 Å². The van der Waals surface area contributed by atoms with Crippen molar-refractivity contribution in [2.24, 2.45) is 0 Å². The second-order valence-corrected chi connectivity index (χ2v) is 4.89. The Morgan fingerprint density at radius 1 is 1.42 bits per heavy atom. The molecule has 0 saturated carbocycles. The van der Waals surface area contributed by atoms with Crippen molar-refractivity contribution >= 4 is 33.2 Å². The van der Waals surface area contributed by atoms with Crippen LogP contribution in [0.15, 0.2) is 29.0 Å². The molecule has 0 unspecified atom stereocenters. The number of imidazole rings is 1. The van der Waals surface area contributed by atoms with Crippen LogP contribution in [0, 0.1) is 5.82 Å². The fraction of sp³-hybridized carbons (Fsp3) is 0.182. The largest absolute Gasteiger partial charge is 0.376 e. The highest BCUT2D eigenvalue weighted by Crippen LogP contribution is 2.32. The van der Waals surface area contributed by atoms with E-state index in [4.69, 9.17) is 11.6 Å². The zero-order valence-electron chi connectivity index (χ0n) is 9.38. The third-order valence-electron chi connectivity index (χ3n) is 2.39. The van der Waals surface area contributed by atoms with Crippen LogP contribution in [-0.2, 0) is 6.54 Å². The van der Waals surface area contributed by atoms with Crippen LogP contribution >= 0.6 is 27.5 Å². The maximum atomic E-state index is 13.0. The average molecular weight is 355 g/mol. The van der Waals surface area contributed by atoms with Crippen LogP contribution in [0.5, 0.6) is 0 Å². The van der Waals surface area contributed by atoms with Gasteiger partial charge in [0, 0.05) is 16.9 Å². The van der Waals surface area contributed by atoms with Gasteiger partial charge in [-0.25, -0.2) is 9.37 Å². The van der Waals surface area contributed by atoms with E-state index in [-0.39, 0.29) is 17.4 Å². The molecule has 1 aromatic heterocycles. The molecule has 2 aromatic rings. The molecule has 0 bridgehead atoms. The van der Waals surface area contributed by atoms with E-state index < -0.39 is 12.4 Å². The van der Waals surface area contributed by atoms with Crippen molar-refractivity contribution in [3.8, 4) is 0 Å². The first kappa shape index (κ1) is 14.2. The van der Waals surface area contributed by atoms with Crippen molar-refractivity contribution < 1.29 is 13.2 Å². The summed E-state index contributed by atoms with van der Waals surface area (Å²) in [6, 6.07) is 2.36. The Hall–Kier alpha value is -1.21. The number of alkyl halides is 2. The molecule has 0 fully saturated rings. The van der Waals surface area contributed by atoms with Gasteiger partial charge in [0.2, 0.25) is 0 Å². The number of nitrogens with zero attached hydrogens (tertiary/aromatic N) is 2. The lowest BCUT2D eigenvalue weighted by atomic mass is 10.3. The van der Waals surface area contributed by atoms with Gasteiger partial charge in [-0.2, -0.15) is 8.78 Å². The summed E-state index contributed by atoms with van der Waals surface area (Å²) < 4.78 is 39.4. The van der Waals surface area contributed by atoms with Gasteiger partial charge in [0.1, 0.15) is 11.6 Å². The molecule has 0 spiro atoms. The van der Waals surface area contributed by atoms with Crippen LogP contribution in [0.4, 0.5) is 18.9 Å². The van der Waals surface area contributed by atoms with Crippen LogP contribution in [0.1, 0.15) is 12.4 Å². The molecule has 0 aliphatic carbocycles. The summed E-state index contributed by atoms with van der Waals surface area (Å²) in [5, 5.41) is 3.00. The van der Waals surface area contributed by atoms with Crippen LogP contribution < -0.4 is 5.32 Å². The standard InChI is InChI=1S/C11H8BrClF3N3/c12-7-3-6(14)4-8(13)10(7)18-5-9-17-1-2-19(9)11(15)16/h1-4,11,18H,5H2. The van der Waals surface area contributed by atoms with E-state index in [2.05, 4.69) is 26.2 Å². The zero-order valence-corrected chi connectivity index (χ0v) is 11.7. The Labute approximate surface area is 120 Å². The Balaban J connectivity index is 2.17. The van der Waals surface area contributed by atoms with Crippen LogP contribution in [0.3, 0.4) is 0 Å². The Kier molecular flexibility index (Phi) is 4.36. The van der Waals surface area contributed by atoms with Crippen LogP contribution in [0.25, 0.3) is 0 Å². The lowest BCUT2D eigenvalue weighted by Gasteiger charge is -2.11. The van der Waals surface area contributed by atoms with Gasteiger partial charge < -0.3 is 5.32 Å².